The fraction of sp³-hybridized carbons (Fsp3) is 0.286. The molecule has 2 fully saturated rings. The molecule has 2 aliphatic rings. The highest BCUT2D eigenvalue weighted by molar-refractivity contribution is 6.22. The van der Waals surface area contributed by atoms with E-state index in [0.717, 1.165) is 19.3 Å². The molecule has 4 atom stereocenters. The number of hydrogen-bond acceptors (Lipinski definition) is 7. The third-order valence-electron chi connectivity index (χ3n) is 8.57. The Labute approximate surface area is 249 Å². The number of carbonyl (C=O) groups is 4. The first-order valence-electron chi connectivity index (χ1n) is 14.5. The average molecular weight is 577 g/mol. The van der Waals surface area contributed by atoms with Crippen LogP contribution in [0.1, 0.15) is 53.8 Å². The molecule has 1 aliphatic carbocycles. The maximum absolute atomic E-state index is 13.4. The van der Waals surface area contributed by atoms with Crippen LogP contribution >= 0.6 is 0 Å². The second-order valence-electron chi connectivity index (χ2n) is 11.4. The van der Waals surface area contributed by atoms with Gasteiger partial charge in [-0.3, -0.25) is 19.3 Å². The third kappa shape index (κ3) is 5.29. The van der Waals surface area contributed by atoms with Gasteiger partial charge in [0.1, 0.15) is 5.75 Å². The first-order chi connectivity index (χ1) is 20.7. The Bertz CT molecular complexity index is 1730. The van der Waals surface area contributed by atoms with E-state index >= 15 is 0 Å². The van der Waals surface area contributed by atoms with Crippen LogP contribution in [-0.2, 0) is 14.3 Å². The van der Waals surface area contributed by atoms with Crippen molar-refractivity contribution in [2.75, 3.05) is 12.0 Å². The minimum absolute atomic E-state index is 0.123. The zero-order chi connectivity index (χ0) is 30.2. The molecule has 0 radical (unpaired) electrons. The molecule has 1 aliphatic heterocycles. The molecule has 218 valence electrons. The van der Waals surface area contributed by atoms with Crippen molar-refractivity contribution < 1.29 is 28.7 Å². The van der Waals surface area contributed by atoms with Crippen LogP contribution in [0.25, 0.3) is 22.2 Å². The summed E-state index contributed by atoms with van der Waals surface area (Å²) in [6, 6.07) is 22.6. The van der Waals surface area contributed by atoms with Crippen molar-refractivity contribution in [1.29, 1.82) is 0 Å². The number of esters is 1. The molecule has 8 heteroatoms. The molecule has 1 saturated heterocycles. The minimum atomic E-state index is -1.02. The maximum Gasteiger partial charge on any atom is 0.339 e. The lowest BCUT2D eigenvalue weighted by Gasteiger charge is -2.25. The molecule has 1 aromatic heterocycles. The Morgan fingerprint density at radius 1 is 0.907 bits per heavy atom. The summed E-state index contributed by atoms with van der Waals surface area (Å²) in [7, 11) is 1.55. The number of imide groups is 1. The molecule has 2 heterocycles. The van der Waals surface area contributed by atoms with E-state index in [1.165, 1.54) is 4.90 Å². The lowest BCUT2D eigenvalue weighted by Crippen LogP contribution is -2.30. The predicted molar refractivity (Wildman–Crippen MR) is 162 cm³/mol. The number of methoxy groups -OCH3 is 1. The highest BCUT2D eigenvalue weighted by Gasteiger charge is 2.49. The number of amides is 2. The Kier molecular flexibility index (Phi) is 7.52. The van der Waals surface area contributed by atoms with Gasteiger partial charge in [0.05, 0.1) is 41.4 Å². The first kappa shape index (κ1) is 28.3. The molecule has 1 saturated carbocycles. The highest BCUT2D eigenvalue weighted by Crippen LogP contribution is 2.42. The standard InChI is InChI=1S/C35H32N2O6/c1-20-8-17-27-28(18-20)34(40)37(33(27)39)24-13-9-22(10-14-24)31-19-29(26-6-4-5-7-30(26)36-31)35(41)43-21(2)32(38)23-11-15-25(42-3)16-12-23/h4-7,9-16,19-21,27-28H,8,17-18H2,1-3H3. The van der Waals surface area contributed by atoms with Gasteiger partial charge in [0.25, 0.3) is 0 Å². The van der Waals surface area contributed by atoms with Crippen molar-refractivity contribution in [3.8, 4) is 17.0 Å². The van der Waals surface area contributed by atoms with Crippen LogP contribution < -0.4 is 9.64 Å². The summed E-state index contributed by atoms with van der Waals surface area (Å²) in [6.07, 6.45) is 1.43. The van der Waals surface area contributed by atoms with Gasteiger partial charge in [-0.05, 0) is 80.6 Å². The smallest absolute Gasteiger partial charge is 0.339 e. The van der Waals surface area contributed by atoms with Crippen molar-refractivity contribution >= 4 is 40.2 Å². The van der Waals surface area contributed by atoms with E-state index in [9.17, 15) is 19.2 Å². The Balaban J connectivity index is 1.26. The molecule has 2 amide bonds. The van der Waals surface area contributed by atoms with Crippen LogP contribution in [0, 0.1) is 17.8 Å². The number of para-hydroxylation sites is 1. The van der Waals surface area contributed by atoms with Crippen molar-refractivity contribution in [3.63, 3.8) is 0 Å². The zero-order valence-electron chi connectivity index (χ0n) is 24.3. The number of benzene rings is 3. The van der Waals surface area contributed by atoms with Crippen LogP contribution in [0.5, 0.6) is 5.75 Å². The predicted octanol–water partition coefficient (Wildman–Crippen LogP) is 6.26. The number of anilines is 1. The summed E-state index contributed by atoms with van der Waals surface area (Å²) in [5, 5.41) is 0.599. The normalized spacial score (nSPS) is 20.5. The number of pyridine rings is 1. The molecule has 3 aromatic carbocycles. The lowest BCUT2D eigenvalue weighted by molar-refractivity contribution is -0.122. The second kappa shape index (κ2) is 11.4. The van der Waals surface area contributed by atoms with E-state index < -0.39 is 12.1 Å². The van der Waals surface area contributed by atoms with Gasteiger partial charge in [0.15, 0.2) is 6.10 Å². The number of hydrogen-bond donors (Lipinski definition) is 0. The summed E-state index contributed by atoms with van der Waals surface area (Å²) in [5.41, 5.74) is 3.04. The van der Waals surface area contributed by atoms with Crippen LogP contribution in [0.4, 0.5) is 5.69 Å². The van der Waals surface area contributed by atoms with Gasteiger partial charge in [-0.25, -0.2) is 9.78 Å². The summed E-state index contributed by atoms with van der Waals surface area (Å²) >= 11 is 0. The van der Waals surface area contributed by atoms with Crippen molar-refractivity contribution in [2.45, 2.75) is 39.2 Å². The number of nitrogens with zero attached hydrogens (tertiary/aromatic N) is 2. The molecule has 0 bridgehead atoms. The minimum Gasteiger partial charge on any atom is -0.497 e. The van der Waals surface area contributed by atoms with Crippen LogP contribution in [0.15, 0.2) is 78.9 Å². The van der Waals surface area contributed by atoms with Gasteiger partial charge >= 0.3 is 5.97 Å². The fourth-order valence-corrected chi connectivity index (χ4v) is 6.19. The van der Waals surface area contributed by atoms with Crippen LogP contribution in [0.3, 0.4) is 0 Å². The topological polar surface area (TPSA) is 103 Å². The van der Waals surface area contributed by atoms with Gasteiger partial charge in [-0.2, -0.15) is 0 Å². The van der Waals surface area contributed by atoms with Gasteiger partial charge in [-0.15, -0.1) is 0 Å². The number of Topliss-reactive ketones (excluding diaryl/α,β-unsaturated/α-hetero) is 1. The van der Waals surface area contributed by atoms with Crippen LogP contribution in [-0.4, -0.2) is 41.8 Å². The SMILES string of the molecule is COc1ccc(C(=O)C(C)OC(=O)c2cc(-c3ccc(N4C(=O)C5CCC(C)CC5C4=O)cc3)nc3ccccc23)cc1. The largest absolute Gasteiger partial charge is 0.497 e. The highest BCUT2D eigenvalue weighted by atomic mass is 16.5. The first-order valence-corrected chi connectivity index (χ1v) is 14.5. The van der Waals surface area contributed by atoms with Crippen molar-refractivity contribution in [1.82, 2.24) is 4.98 Å². The molecule has 6 rings (SSSR count). The molecular formula is C35H32N2O6. The van der Waals surface area contributed by atoms with Gasteiger partial charge in [-0.1, -0.05) is 37.3 Å². The molecule has 8 nitrogen and oxygen atoms in total. The monoisotopic (exact) mass is 576 g/mol. The number of ketones is 1. The van der Waals surface area contributed by atoms with Gasteiger partial charge in [0, 0.05) is 16.5 Å². The van der Waals surface area contributed by atoms with Gasteiger partial charge in [0.2, 0.25) is 17.6 Å². The Morgan fingerprint density at radius 3 is 2.33 bits per heavy atom. The summed E-state index contributed by atoms with van der Waals surface area (Å²) in [4.78, 5) is 58.8. The quantitative estimate of drug-likeness (QED) is 0.145. The molecule has 4 aromatic rings. The number of ether oxygens (including phenoxy) is 2. The Hall–Kier alpha value is -4.85. The fourth-order valence-electron chi connectivity index (χ4n) is 6.19. The van der Waals surface area contributed by atoms with E-state index in [2.05, 4.69) is 6.92 Å². The summed E-state index contributed by atoms with van der Waals surface area (Å²) in [5.74, 6) is -0.645. The number of aromatic nitrogens is 1. The third-order valence-corrected chi connectivity index (χ3v) is 8.57. The second-order valence-corrected chi connectivity index (χ2v) is 11.4. The molecule has 4 unspecified atom stereocenters. The number of rotatable bonds is 7. The van der Waals surface area contributed by atoms with E-state index in [1.54, 1.807) is 80.8 Å². The summed E-state index contributed by atoms with van der Waals surface area (Å²) in [6.45, 7) is 3.68. The van der Waals surface area contributed by atoms with E-state index in [4.69, 9.17) is 14.5 Å². The average Bonchev–Trinajstić information content (AvgIpc) is 3.28. The summed E-state index contributed by atoms with van der Waals surface area (Å²) < 4.78 is 10.8. The number of carbonyl (C=O) groups excluding carboxylic acids is 4. The molecule has 43 heavy (non-hydrogen) atoms. The van der Waals surface area contributed by atoms with E-state index in [0.29, 0.717) is 45.1 Å². The van der Waals surface area contributed by atoms with Crippen LogP contribution in [0.2, 0.25) is 0 Å². The van der Waals surface area contributed by atoms with E-state index in [1.807, 2.05) is 12.1 Å². The van der Waals surface area contributed by atoms with Crippen molar-refractivity contribution in [3.05, 3.63) is 90.0 Å². The maximum atomic E-state index is 13.4. The van der Waals surface area contributed by atoms with Crippen molar-refractivity contribution in [2.24, 2.45) is 17.8 Å². The molecule has 0 spiro atoms. The van der Waals surface area contributed by atoms with Gasteiger partial charge < -0.3 is 9.47 Å². The molecule has 0 N–H and O–H groups in total. The zero-order valence-corrected chi connectivity index (χ0v) is 24.3. The Morgan fingerprint density at radius 2 is 1.60 bits per heavy atom. The molecular weight excluding hydrogens is 544 g/mol. The number of fused-ring (bicyclic) bond motifs is 2. The van der Waals surface area contributed by atoms with E-state index in [-0.39, 0.29) is 35.0 Å². The lowest BCUT2D eigenvalue weighted by atomic mass is 9.76.